The van der Waals surface area contributed by atoms with Gasteiger partial charge in [-0.2, -0.15) is 4.99 Å². The van der Waals surface area contributed by atoms with Crippen LogP contribution in [0.25, 0.3) is 11.0 Å². The minimum absolute atomic E-state index is 0.111. The summed E-state index contributed by atoms with van der Waals surface area (Å²) < 4.78 is 0. The first kappa shape index (κ1) is 17.3. The molecule has 1 atom stereocenters. The SMILES string of the molecule is CNC(=O)C1CSC(=NC(=O)c2c[nH]c3ncccc23)N1c1ccccc1. The average Bonchev–Trinajstić information content (AvgIpc) is 3.32. The van der Waals surface area contributed by atoms with Crippen LogP contribution in [0.15, 0.2) is 59.9 Å². The molecule has 8 heteroatoms. The number of rotatable bonds is 3. The Morgan fingerprint density at radius 3 is 2.85 bits per heavy atom. The van der Waals surface area contributed by atoms with Gasteiger partial charge in [0, 0.05) is 36.3 Å². The minimum atomic E-state index is -0.418. The Hall–Kier alpha value is -3.13. The molecule has 1 aliphatic heterocycles. The summed E-state index contributed by atoms with van der Waals surface area (Å²) in [5.41, 5.74) is 1.93. The molecule has 2 amide bonds. The number of benzene rings is 1. The Bertz CT molecular complexity index is 1030. The molecule has 0 radical (unpaired) electrons. The average molecular weight is 379 g/mol. The number of H-pyrrole nitrogens is 1. The van der Waals surface area contributed by atoms with Gasteiger partial charge in [-0.3, -0.25) is 9.59 Å². The highest BCUT2D eigenvalue weighted by atomic mass is 32.2. The molecule has 2 N–H and O–H groups in total. The number of carbonyl (C=O) groups is 2. The molecule has 1 saturated heterocycles. The first-order valence-electron chi connectivity index (χ1n) is 8.43. The molecule has 1 aromatic carbocycles. The summed E-state index contributed by atoms with van der Waals surface area (Å²) in [5.74, 6) is 0.0476. The molecule has 7 nitrogen and oxygen atoms in total. The number of thioether (sulfide) groups is 1. The lowest BCUT2D eigenvalue weighted by atomic mass is 10.2. The molecule has 4 rings (SSSR count). The second kappa shape index (κ2) is 7.24. The summed E-state index contributed by atoms with van der Waals surface area (Å²) >= 11 is 1.40. The van der Waals surface area contributed by atoms with Gasteiger partial charge in [0.1, 0.15) is 11.7 Å². The van der Waals surface area contributed by atoms with Crippen molar-refractivity contribution in [3.63, 3.8) is 0 Å². The normalized spacial score (nSPS) is 18.2. The monoisotopic (exact) mass is 379 g/mol. The molecule has 3 aromatic rings. The van der Waals surface area contributed by atoms with Crippen LogP contribution in [-0.4, -0.2) is 45.8 Å². The number of nitrogens with one attached hydrogen (secondary N) is 2. The van der Waals surface area contributed by atoms with Gasteiger partial charge >= 0.3 is 0 Å². The Labute approximate surface area is 159 Å². The van der Waals surface area contributed by atoms with E-state index in [2.05, 4.69) is 20.3 Å². The zero-order valence-corrected chi connectivity index (χ0v) is 15.4. The van der Waals surface area contributed by atoms with Crippen molar-refractivity contribution in [2.24, 2.45) is 4.99 Å². The topological polar surface area (TPSA) is 90.4 Å². The fourth-order valence-electron chi connectivity index (χ4n) is 3.04. The molecule has 1 unspecified atom stereocenters. The van der Waals surface area contributed by atoms with E-state index in [9.17, 15) is 9.59 Å². The van der Waals surface area contributed by atoms with E-state index in [1.54, 1.807) is 25.5 Å². The molecule has 136 valence electrons. The smallest absolute Gasteiger partial charge is 0.281 e. The van der Waals surface area contributed by atoms with Crippen LogP contribution in [0.1, 0.15) is 10.4 Å². The number of aliphatic imine (C=N–C) groups is 1. The van der Waals surface area contributed by atoms with Crippen molar-refractivity contribution in [2.45, 2.75) is 6.04 Å². The molecule has 2 aromatic heterocycles. The van der Waals surface area contributed by atoms with Crippen LogP contribution in [0.3, 0.4) is 0 Å². The number of anilines is 1. The predicted octanol–water partition coefficient (Wildman–Crippen LogP) is 2.43. The van der Waals surface area contributed by atoms with Crippen LogP contribution in [0.5, 0.6) is 0 Å². The molecular weight excluding hydrogens is 362 g/mol. The van der Waals surface area contributed by atoms with Crippen LogP contribution in [-0.2, 0) is 4.79 Å². The highest BCUT2D eigenvalue weighted by Gasteiger charge is 2.36. The quantitative estimate of drug-likeness (QED) is 0.729. The van der Waals surface area contributed by atoms with Crippen LogP contribution in [0.4, 0.5) is 5.69 Å². The van der Waals surface area contributed by atoms with E-state index in [-0.39, 0.29) is 11.8 Å². The summed E-state index contributed by atoms with van der Waals surface area (Å²) in [5, 5.41) is 3.92. The number of aromatic amines is 1. The summed E-state index contributed by atoms with van der Waals surface area (Å²) in [6.45, 7) is 0. The molecule has 1 aliphatic rings. The van der Waals surface area contributed by atoms with Gasteiger partial charge in [-0.05, 0) is 24.3 Å². The third-order valence-electron chi connectivity index (χ3n) is 4.35. The number of carbonyl (C=O) groups excluding carboxylic acids is 2. The lowest BCUT2D eigenvalue weighted by Crippen LogP contribution is -2.45. The Morgan fingerprint density at radius 1 is 1.26 bits per heavy atom. The predicted molar refractivity (Wildman–Crippen MR) is 107 cm³/mol. The van der Waals surface area contributed by atoms with E-state index >= 15 is 0 Å². The number of amides is 2. The number of hydrogen-bond acceptors (Lipinski definition) is 4. The summed E-state index contributed by atoms with van der Waals surface area (Å²) in [6, 6.07) is 12.7. The molecular formula is C19H17N5O2S. The lowest BCUT2D eigenvalue weighted by molar-refractivity contribution is -0.121. The number of hydrogen-bond donors (Lipinski definition) is 2. The van der Waals surface area contributed by atoms with Crippen molar-refractivity contribution in [1.82, 2.24) is 15.3 Å². The highest BCUT2D eigenvalue weighted by Crippen LogP contribution is 2.31. The zero-order chi connectivity index (χ0) is 18.8. The standard InChI is InChI=1S/C19H17N5O2S/c1-20-18(26)15-11-27-19(24(15)12-6-3-2-4-7-12)23-17(25)14-10-22-16-13(14)8-5-9-21-16/h2-10,15H,11H2,1H3,(H,20,26)(H,21,22). The van der Waals surface area contributed by atoms with Crippen molar-refractivity contribution in [1.29, 1.82) is 0 Å². The molecule has 0 saturated carbocycles. The summed E-state index contributed by atoms with van der Waals surface area (Å²) in [4.78, 5) is 38.5. The summed E-state index contributed by atoms with van der Waals surface area (Å²) in [7, 11) is 1.61. The number of nitrogens with zero attached hydrogens (tertiary/aromatic N) is 3. The third kappa shape index (κ3) is 3.19. The van der Waals surface area contributed by atoms with Gasteiger partial charge < -0.3 is 15.2 Å². The zero-order valence-electron chi connectivity index (χ0n) is 14.5. The minimum Gasteiger partial charge on any atom is -0.357 e. The molecule has 0 spiro atoms. The number of pyridine rings is 1. The Morgan fingerprint density at radius 2 is 2.07 bits per heavy atom. The first-order valence-corrected chi connectivity index (χ1v) is 9.41. The number of likely N-dealkylation sites (N-methyl/N-ethyl adjacent to an activating group) is 1. The molecule has 0 bridgehead atoms. The fraction of sp³-hybridized carbons (Fsp3) is 0.158. The van der Waals surface area contributed by atoms with E-state index in [0.717, 1.165) is 11.1 Å². The second-order valence-corrected chi connectivity index (χ2v) is 6.94. The van der Waals surface area contributed by atoms with Crippen molar-refractivity contribution in [2.75, 3.05) is 17.7 Å². The van der Waals surface area contributed by atoms with Gasteiger partial charge in [0.2, 0.25) is 5.91 Å². The van der Waals surface area contributed by atoms with E-state index in [1.165, 1.54) is 11.8 Å². The maximum absolute atomic E-state index is 12.8. The van der Waals surface area contributed by atoms with E-state index in [1.807, 2.05) is 41.3 Å². The van der Waals surface area contributed by atoms with Crippen molar-refractivity contribution in [3.8, 4) is 0 Å². The van der Waals surface area contributed by atoms with Gasteiger partial charge in [-0.15, -0.1) is 0 Å². The summed E-state index contributed by atoms with van der Waals surface area (Å²) in [6.07, 6.45) is 3.28. The molecule has 1 fully saturated rings. The van der Waals surface area contributed by atoms with Gasteiger partial charge in [-0.1, -0.05) is 30.0 Å². The van der Waals surface area contributed by atoms with E-state index in [0.29, 0.717) is 22.1 Å². The van der Waals surface area contributed by atoms with Crippen molar-refractivity contribution < 1.29 is 9.59 Å². The van der Waals surface area contributed by atoms with Gasteiger partial charge in [0.15, 0.2) is 5.17 Å². The third-order valence-corrected chi connectivity index (χ3v) is 5.38. The molecule has 27 heavy (non-hydrogen) atoms. The Balaban J connectivity index is 1.72. The molecule has 3 heterocycles. The second-order valence-electron chi connectivity index (χ2n) is 5.95. The van der Waals surface area contributed by atoms with Gasteiger partial charge in [0.25, 0.3) is 5.91 Å². The van der Waals surface area contributed by atoms with Crippen LogP contribution < -0.4 is 10.2 Å². The van der Waals surface area contributed by atoms with Crippen molar-refractivity contribution >= 4 is 45.5 Å². The van der Waals surface area contributed by atoms with Crippen LogP contribution in [0.2, 0.25) is 0 Å². The van der Waals surface area contributed by atoms with Crippen LogP contribution >= 0.6 is 11.8 Å². The van der Waals surface area contributed by atoms with E-state index in [4.69, 9.17) is 0 Å². The lowest BCUT2D eigenvalue weighted by Gasteiger charge is -2.24. The Kier molecular flexibility index (Phi) is 4.64. The van der Waals surface area contributed by atoms with Crippen molar-refractivity contribution in [3.05, 3.63) is 60.4 Å². The fourth-order valence-corrected chi connectivity index (χ4v) is 4.16. The van der Waals surface area contributed by atoms with Crippen LogP contribution in [0, 0.1) is 0 Å². The maximum Gasteiger partial charge on any atom is 0.281 e. The number of para-hydroxylation sites is 1. The van der Waals surface area contributed by atoms with Gasteiger partial charge in [0.05, 0.1) is 5.56 Å². The highest BCUT2D eigenvalue weighted by molar-refractivity contribution is 8.14. The van der Waals surface area contributed by atoms with E-state index < -0.39 is 6.04 Å². The maximum atomic E-state index is 12.8. The van der Waals surface area contributed by atoms with Gasteiger partial charge in [-0.25, -0.2) is 4.98 Å². The largest absolute Gasteiger partial charge is 0.357 e. The first-order chi connectivity index (χ1) is 13.2. The number of amidine groups is 1. The number of aromatic nitrogens is 2. The number of fused-ring (bicyclic) bond motifs is 1. The molecule has 0 aliphatic carbocycles.